The van der Waals surface area contributed by atoms with Gasteiger partial charge in [0.05, 0.1) is 0 Å². The monoisotopic (exact) mass is 254 g/mol. The van der Waals surface area contributed by atoms with Gasteiger partial charge in [-0.25, -0.2) is 4.79 Å². The summed E-state index contributed by atoms with van der Waals surface area (Å²) in [5, 5.41) is 9.58. The van der Waals surface area contributed by atoms with Crippen molar-refractivity contribution in [3.63, 3.8) is 0 Å². The summed E-state index contributed by atoms with van der Waals surface area (Å²) in [6.45, 7) is 3.81. The highest BCUT2D eigenvalue weighted by Crippen LogP contribution is 2.19. The normalized spacial score (nSPS) is 24.7. The highest BCUT2D eigenvalue weighted by atomic mass is 16.4. The SMILES string of the molecule is O=C(O)C(N1CCCCCC1)N1CCCCCC1. The Morgan fingerprint density at radius 2 is 1.06 bits per heavy atom. The molecule has 2 fully saturated rings. The van der Waals surface area contributed by atoms with E-state index in [9.17, 15) is 9.90 Å². The Bertz CT molecular complexity index is 235. The van der Waals surface area contributed by atoms with Gasteiger partial charge in [-0.1, -0.05) is 25.7 Å². The molecule has 2 saturated heterocycles. The number of carboxylic acids is 1. The van der Waals surface area contributed by atoms with Crippen LogP contribution in [0, 0.1) is 0 Å². The smallest absolute Gasteiger partial charge is 0.336 e. The van der Waals surface area contributed by atoms with Crippen LogP contribution >= 0.6 is 0 Å². The summed E-state index contributed by atoms with van der Waals surface area (Å²) in [4.78, 5) is 16.0. The van der Waals surface area contributed by atoms with Gasteiger partial charge in [-0.05, 0) is 25.7 Å². The minimum atomic E-state index is -0.654. The molecule has 104 valence electrons. The van der Waals surface area contributed by atoms with Crippen molar-refractivity contribution in [2.24, 2.45) is 0 Å². The van der Waals surface area contributed by atoms with Crippen LogP contribution < -0.4 is 0 Å². The Kier molecular flexibility index (Phi) is 5.45. The molecule has 0 spiro atoms. The third-order valence-electron chi connectivity index (χ3n) is 4.19. The van der Waals surface area contributed by atoms with E-state index in [1.54, 1.807) is 0 Å². The zero-order valence-electron chi connectivity index (χ0n) is 11.3. The molecule has 1 N–H and O–H groups in total. The van der Waals surface area contributed by atoms with Crippen molar-refractivity contribution < 1.29 is 9.90 Å². The molecule has 0 aromatic rings. The van der Waals surface area contributed by atoms with Crippen molar-refractivity contribution in [1.29, 1.82) is 0 Å². The van der Waals surface area contributed by atoms with Gasteiger partial charge in [0.25, 0.3) is 0 Å². The van der Waals surface area contributed by atoms with Crippen molar-refractivity contribution in [2.75, 3.05) is 26.2 Å². The predicted molar refractivity (Wildman–Crippen MR) is 71.5 cm³/mol. The molecule has 2 aliphatic rings. The molecule has 0 atom stereocenters. The van der Waals surface area contributed by atoms with Gasteiger partial charge in [0, 0.05) is 26.2 Å². The Balaban J connectivity index is 2.02. The van der Waals surface area contributed by atoms with Gasteiger partial charge in [-0.15, -0.1) is 0 Å². The van der Waals surface area contributed by atoms with Crippen LogP contribution in [0.25, 0.3) is 0 Å². The summed E-state index contributed by atoms with van der Waals surface area (Å²) in [6, 6.07) is 0. The fourth-order valence-corrected chi connectivity index (χ4v) is 3.22. The van der Waals surface area contributed by atoms with Crippen LogP contribution in [0.5, 0.6) is 0 Å². The van der Waals surface area contributed by atoms with Crippen LogP contribution in [0.4, 0.5) is 0 Å². The molecule has 0 unspecified atom stereocenters. The number of aliphatic carboxylic acids is 1. The van der Waals surface area contributed by atoms with Crippen LogP contribution in [0.3, 0.4) is 0 Å². The standard InChI is InChI=1S/C14H26N2O2/c17-14(18)13(15-9-5-1-2-6-10-15)16-11-7-3-4-8-12-16/h13H,1-12H2,(H,17,18). The first-order valence-corrected chi connectivity index (χ1v) is 7.50. The van der Waals surface area contributed by atoms with E-state index in [1.165, 1.54) is 25.7 Å². The zero-order chi connectivity index (χ0) is 12.8. The maximum atomic E-state index is 11.6. The Morgan fingerprint density at radius 3 is 1.33 bits per heavy atom. The van der Waals surface area contributed by atoms with Gasteiger partial charge in [-0.3, -0.25) is 9.80 Å². The highest BCUT2D eigenvalue weighted by molar-refractivity contribution is 5.73. The molecule has 0 saturated carbocycles. The Morgan fingerprint density at radius 1 is 0.722 bits per heavy atom. The van der Waals surface area contributed by atoms with E-state index in [-0.39, 0.29) is 6.17 Å². The molecular weight excluding hydrogens is 228 g/mol. The number of nitrogens with zero attached hydrogens (tertiary/aromatic N) is 2. The van der Waals surface area contributed by atoms with Gasteiger partial charge >= 0.3 is 5.97 Å². The molecule has 4 heteroatoms. The van der Waals surface area contributed by atoms with Crippen LogP contribution in [-0.2, 0) is 4.79 Å². The fraction of sp³-hybridized carbons (Fsp3) is 0.929. The van der Waals surface area contributed by atoms with E-state index in [1.807, 2.05) is 0 Å². The molecule has 0 aliphatic carbocycles. The third-order valence-corrected chi connectivity index (χ3v) is 4.19. The second kappa shape index (κ2) is 7.10. The summed E-state index contributed by atoms with van der Waals surface area (Å²) in [5.41, 5.74) is 0. The third kappa shape index (κ3) is 3.69. The summed E-state index contributed by atoms with van der Waals surface area (Å²) in [7, 11) is 0. The summed E-state index contributed by atoms with van der Waals surface area (Å²) >= 11 is 0. The first kappa shape index (κ1) is 13.8. The lowest BCUT2D eigenvalue weighted by Gasteiger charge is -2.35. The zero-order valence-corrected chi connectivity index (χ0v) is 11.3. The average Bonchev–Trinajstić information content (AvgIpc) is 2.74. The van der Waals surface area contributed by atoms with Gasteiger partial charge in [0.15, 0.2) is 6.17 Å². The molecule has 0 aromatic heterocycles. The van der Waals surface area contributed by atoms with Crippen LogP contribution in [0.15, 0.2) is 0 Å². The highest BCUT2D eigenvalue weighted by Gasteiger charge is 2.31. The second-order valence-corrected chi connectivity index (χ2v) is 5.61. The van der Waals surface area contributed by atoms with E-state index >= 15 is 0 Å². The van der Waals surface area contributed by atoms with E-state index < -0.39 is 5.97 Å². The molecule has 2 aliphatic heterocycles. The lowest BCUT2D eigenvalue weighted by atomic mass is 10.2. The first-order chi connectivity index (χ1) is 8.79. The maximum Gasteiger partial charge on any atom is 0.336 e. The number of hydrogen-bond acceptors (Lipinski definition) is 3. The van der Waals surface area contributed by atoms with Gasteiger partial charge in [0.2, 0.25) is 0 Å². The predicted octanol–water partition coefficient (Wildman–Crippen LogP) is 2.15. The molecule has 2 heterocycles. The van der Waals surface area contributed by atoms with Crippen molar-refractivity contribution in [3.8, 4) is 0 Å². The van der Waals surface area contributed by atoms with E-state index in [2.05, 4.69) is 9.80 Å². The number of carboxylic acid groups (broad SMARTS) is 1. The van der Waals surface area contributed by atoms with E-state index in [0.29, 0.717) is 0 Å². The first-order valence-electron chi connectivity index (χ1n) is 7.50. The van der Waals surface area contributed by atoms with Crippen LogP contribution in [0.2, 0.25) is 0 Å². The molecule has 0 bridgehead atoms. The minimum Gasteiger partial charge on any atom is -0.479 e. The molecule has 0 radical (unpaired) electrons. The van der Waals surface area contributed by atoms with Gasteiger partial charge in [0.1, 0.15) is 0 Å². The number of carbonyl (C=O) groups is 1. The Hall–Kier alpha value is -0.610. The van der Waals surface area contributed by atoms with E-state index in [0.717, 1.165) is 51.9 Å². The lowest BCUT2D eigenvalue weighted by molar-refractivity contribution is -0.151. The quantitative estimate of drug-likeness (QED) is 0.838. The van der Waals surface area contributed by atoms with Crippen molar-refractivity contribution in [3.05, 3.63) is 0 Å². The molecule has 18 heavy (non-hydrogen) atoms. The molecule has 0 amide bonds. The average molecular weight is 254 g/mol. The second-order valence-electron chi connectivity index (χ2n) is 5.61. The van der Waals surface area contributed by atoms with Gasteiger partial charge in [-0.2, -0.15) is 0 Å². The molecule has 4 nitrogen and oxygen atoms in total. The molecule has 0 aromatic carbocycles. The largest absolute Gasteiger partial charge is 0.479 e. The maximum absolute atomic E-state index is 11.6. The fourth-order valence-electron chi connectivity index (χ4n) is 3.22. The van der Waals surface area contributed by atoms with Crippen LogP contribution in [-0.4, -0.2) is 53.2 Å². The van der Waals surface area contributed by atoms with E-state index in [4.69, 9.17) is 0 Å². The van der Waals surface area contributed by atoms with Crippen molar-refractivity contribution in [1.82, 2.24) is 9.80 Å². The summed E-state index contributed by atoms with van der Waals surface area (Å²) < 4.78 is 0. The number of likely N-dealkylation sites (tertiary alicyclic amines) is 2. The van der Waals surface area contributed by atoms with Crippen molar-refractivity contribution >= 4 is 5.97 Å². The van der Waals surface area contributed by atoms with Gasteiger partial charge < -0.3 is 5.11 Å². The minimum absolute atomic E-state index is 0.374. The summed E-state index contributed by atoms with van der Waals surface area (Å²) in [6.07, 6.45) is 9.24. The van der Waals surface area contributed by atoms with Crippen LogP contribution in [0.1, 0.15) is 51.4 Å². The Labute approximate surface area is 110 Å². The molecular formula is C14H26N2O2. The lowest BCUT2D eigenvalue weighted by Crippen LogP contribution is -2.53. The number of rotatable bonds is 3. The van der Waals surface area contributed by atoms with Crippen molar-refractivity contribution in [2.45, 2.75) is 57.5 Å². The summed E-state index contributed by atoms with van der Waals surface area (Å²) in [5.74, 6) is -0.654. The number of hydrogen-bond donors (Lipinski definition) is 1. The topological polar surface area (TPSA) is 43.8 Å². The molecule has 2 rings (SSSR count).